The Labute approximate surface area is 94.0 Å². The van der Waals surface area contributed by atoms with Crippen LogP contribution in [0.4, 0.5) is 14.5 Å². The number of rotatable bonds is 3. The molecule has 0 radical (unpaired) electrons. The molecule has 0 aliphatic heterocycles. The van der Waals surface area contributed by atoms with E-state index in [2.05, 4.69) is 20.9 Å². The largest absolute Gasteiger partial charge is 0.397 e. The van der Waals surface area contributed by atoms with Crippen LogP contribution in [-0.4, -0.2) is 4.98 Å². The van der Waals surface area contributed by atoms with Gasteiger partial charge >= 0.3 is 0 Å². The predicted molar refractivity (Wildman–Crippen MR) is 55.6 cm³/mol. The third kappa shape index (κ3) is 2.42. The highest BCUT2D eigenvalue weighted by Crippen LogP contribution is 2.31. The molecule has 0 aromatic carbocycles. The average molecular weight is 276 g/mol. The summed E-state index contributed by atoms with van der Waals surface area (Å²) in [6.45, 7) is 0. The van der Waals surface area contributed by atoms with E-state index in [0.29, 0.717) is 11.0 Å². The molecule has 0 fully saturated rings. The number of alkyl halides is 3. The van der Waals surface area contributed by atoms with E-state index in [0.717, 1.165) is 0 Å². The summed E-state index contributed by atoms with van der Waals surface area (Å²) in [5.41, 5.74) is 5.79. The average Bonchev–Trinajstić information content (AvgIpc) is 2.18. The maximum atomic E-state index is 12.7. The van der Waals surface area contributed by atoms with Crippen LogP contribution in [0.1, 0.15) is 23.2 Å². The lowest BCUT2D eigenvalue weighted by molar-refractivity contribution is 0.151. The lowest BCUT2D eigenvalue weighted by atomic mass is 10.1. The molecule has 80 valence electrons. The zero-order chi connectivity index (χ0) is 11.4. The highest BCUT2D eigenvalue weighted by Gasteiger charge is 2.19. The van der Waals surface area contributed by atoms with Gasteiger partial charge in [0.15, 0.2) is 0 Å². The van der Waals surface area contributed by atoms with Gasteiger partial charge in [0.2, 0.25) is 0 Å². The van der Waals surface area contributed by atoms with Gasteiger partial charge < -0.3 is 5.73 Å². The smallest absolute Gasteiger partial charge is 0.266 e. The van der Waals surface area contributed by atoms with Crippen LogP contribution in [-0.2, 0) is 11.8 Å². The molecule has 2 N–H and O–H groups in total. The molecule has 15 heavy (non-hydrogen) atoms. The minimum absolute atomic E-state index is 0.0328. The SMILES string of the molecule is N#CCc1cnc(CBr)c(N)c1C(F)F. The third-order valence-electron chi connectivity index (χ3n) is 1.94. The summed E-state index contributed by atoms with van der Waals surface area (Å²) in [7, 11) is 0. The summed E-state index contributed by atoms with van der Waals surface area (Å²) in [5, 5.41) is 8.78. The monoisotopic (exact) mass is 275 g/mol. The molecule has 0 unspecified atom stereocenters. The molecule has 1 aromatic heterocycles. The number of pyridine rings is 1. The molecule has 0 saturated heterocycles. The van der Waals surface area contributed by atoms with Crippen molar-refractivity contribution in [2.45, 2.75) is 18.2 Å². The van der Waals surface area contributed by atoms with E-state index in [1.54, 1.807) is 6.07 Å². The number of halogens is 3. The van der Waals surface area contributed by atoms with Crippen molar-refractivity contribution < 1.29 is 8.78 Å². The molecular formula is C9H8BrF2N3. The zero-order valence-electron chi connectivity index (χ0n) is 7.67. The van der Waals surface area contributed by atoms with Gasteiger partial charge in [-0.3, -0.25) is 4.98 Å². The first-order valence-electron chi connectivity index (χ1n) is 4.09. The van der Waals surface area contributed by atoms with Gasteiger partial charge in [0.05, 0.1) is 23.9 Å². The number of nitrogens with zero attached hydrogens (tertiary/aromatic N) is 2. The summed E-state index contributed by atoms with van der Waals surface area (Å²) in [4.78, 5) is 3.90. The Hall–Kier alpha value is -1.22. The van der Waals surface area contributed by atoms with Crippen LogP contribution in [0.5, 0.6) is 0 Å². The van der Waals surface area contributed by atoms with Gasteiger partial charge in [-0.1, -0.05) is 15.9 Å². The number of hydrogen-bond acceptors (Lipinski definition) is 3. The molecule has 0 amide bonds. The van der Waals surface area contributed by atoms with E-state index in [1.165, 1.54) is 6.20 Å². The van der Waals surface area contributed by atoms with Crippen molar-refractivity contribution in [3.05, 3.63) is 23.0 Å². The van der Waals surface area contributed by atoms with Gasteiger partial charge in [-0.15, -0.1) is 0 Å². The summed E-state index contributed by atoms with van der Waals surface area (Å²) in [5.74, 6) is 0. The first kappa shape index (κ1) is 11.9. The van der Waals surface area contributed by atoms with E-state index in [9.17, 15) is 8.78 Å². The first-order chi connectivity index (χ1) is 7.11. The van der Waals surface area contributed by atoms with Gasteiger partial charge in [0, 0.05) is 17.1 Å². The Bertz CT molecular complexity index is 401. The van der Waals surface area contributed by atoms with Gasteiger partial charge in [-0.2, -0.15) is 5.26 Å². The number of nitriles is 1. The molecule has 1 rings (SSSR count). The Morgan fingerprint density at radius 3 is 2.73 bits per heavy atom. The molecule has 0 spiro atoms. The van der Waals surface area contributed by atoms with E-state index < -0.39 is 6.43 Å². The Morgan fingerprint density at radius 1 is 1.60 bits per heavy atom. The molecule has 0 saturated carbocycles. The van der Waals surface area contributed by atoms with Crippen LogP contribution in [0.15, 0.2) is 6.20 Å². The lowest BCUT2D eigenvalue weighted by Gasteiger charge is -2.11. The molecule has 0 bridgehead atoms. The van der Waals surface area contributed by atoms with Crippen LogP contribution >= 0.6 is 15.9 Å². The zero-order valence-corrected chi connectivity index (χ0v) is 9.26. The fraction of sp³-hybridized carbons (Fsp3) is 0.333. The fourth-order valence-corrected chi connectivity index (χ4v) is 1.66. The number of nitrogen functional groups attached to an aromatic ring is 1. The summed E-state index contributed by atoms with van der Waals surface area (Å²) < 4.78 is 25.4. The Balaban J connectivity index is 3.32. The fourth-order valence-electron chi connectivity index (χ4n) is 1.21. The second kappa shape index (κ2) is 5.03. The first-order valence-corrected chi connectivity index (χ1v) is 5.21. The molecule has 3 nitrogen and oxygen atoms in total. The summed E-state index contributed by atoms with van der Waals surface area (Å²) in [6.07, 6.45) is -1.52. The second-order valence-corrected chi connectivity index (χ2v) is 3.39. The summed E-state index contributed by atoms with van der Waals surface area (Å²) >= 11 is 3.10. The maximum absolute atomic E-state index is 12.7. The third-order valence-corrected chi connectivity index (χ3v) is 2.47. The topological polar surface area (TPSA) is 62.7 Å². The number of nitrogens with two attached hydrogens (primary N) is 1. The van der Waals surface area contributed by atoms with Crippen molar-refractivity contribution >= 4 is 21.6 Å². The predicted octanol–water partition coefficient (Wildman–Crippen LogP) is 2.56. The number of anilines is 1. The van der Waals surface area contributed by atoms with Crippen LogP contribution in [0, 0.1) is 11.3 Å². The number of aromatic nitrogens is 1. The van der Waals surface area contributed by atoms with Crippen LogP contribution < -0.4 is 5.73 Å². The van der Waals surface area contributed by atoms with Crippen molar-refractivity contribution in [1.29, 1.82) is 5.26 Å². The molecule has 1 aromatic rings. The lowest BCUT2D eigenvalue weighted by Crippen LogP contribution is -2.06. The number of hydrogen-bond donors (Lipinski definition) is 1. The molecule has 1 heterocycles. The van der Waals surface area contributed by atoms with E-state index in [4.69, 9.17) is 11.0 Å². The minimum Gasteiger partial charge on any atom is -0.397 e. The second-order valence-electron chi connectivity index (χ2n) is 2.83. The maximum Gasteiger partial charge on any atom is 0.266 e. The normalized spacial score (nSPS) is 10.3. The highest BCUT2D eigenvalue weighted by atomic mass is 79.9. The van der Waals surface area contributed by atoms with Crippen molar-refractivity contribution in [2.24, 2.45) is 0 Å². The summed E-state index contributed by atoms with van der Waals surface area (Å²) in [6, 6.07) is 1.80. The highest BCUT2D eigenvalue weighted by molar-refractivity contribution is 9.08. The minimum atomic E-state index is -2.69. The van der Waals surface area contributed by atoms with Crippen LogP contribution in [0.3, 0.4) is 0 Å². The molecule has 0 aliphatic rings. The molecule has 6 heteroatoms. The van der Waals surface area contributed by atoms with Gasteiger partial charge in [-0.25, -0.2) is 8.78 Å². The van der Waals surface area contributed by atoms with Crippen molar-refractivity contribution in [3.63, 3.8) is 0 Å². The van der Waals surface area contributed by atoms with Crippen molar-refractivity contribution in [3.8, 4) is 6.07 Å². The quantitative estimate of drug-likeness (QED) is 0.863. The van der Waals surface area contributed by atoms with Crippen molar-refractivity contribution in [1.82, 2.24) is 4.98 Å². The molecular weight excluding hydrogens is 268 g/mol. The van der Waals surface area contributed by atoms with E-state index in [-0.39, 0.29) is 23.2 Å². The van der Waals surface area contributed by atoms with Gasteiger partial charge in [0.1, 0.15) is 0 Å². The van der Waals surface area contributed by atoms with E-state index >= 15 is 0 Å². The Kier molecular flexibility index (Phi) is 3.97. The molecule has 0 atom stereocenters. The van der Waals surface area contributed by atoms with Gasteiger partial charge in [0.25, 0.3) is 6.43 Å². The molecule has 0 aliphatic carbocycles. The van der Waals surface area contributed by atoms with E-state index in [1.807, 2.05) is 0 Å². The standard InChI is InChI=1S/C9H8BrF2N3/c10-3-6-8(14)7(9(11)12)5(1-2-13)4-15-6/h4,9H,1,3,14H2. The van der Waals surface area contributed by atoms with Crippen LogP contribution in [0.25, 0.3) is 0 Å². The van der Waals surface area contributed by atoms with Gasteiger partial charge in [-0.05, 0) is 5.56 Å². The van der Waals surface area contributed by atoms with Crippen LogP contribution in [0.2, 0.25) is 0 Å². The van der Waals surface area contributed by atoms with Crippen molar-refractivity contribution in [2.75, 3.05) is 5.73 Å². The Morgan fingerprint density at radius 2 is 2.27 bits per heavy atom.